The summed E-state index contributed by atoms with van der Waals surface area (Å²) in [6.07, 6.45) is 0. The van der Waals surface area contributed by atoms with Crippen molar-refractivity contribution in [3.8, 4) is 0 Å². The summed E-state index contributed by atoms with van der Waals surface area (Å²) in [6.45, 7) is 2.08. The van der Waals surface area contributed by atoms with Crippen molar-refractivity contribution in [1.29, 1.82) is 0 Å². The number of nitrogens with zero attached hydrogens (tertiary/aromatic N) is 3. The number of carbonyl (C=O) groups is 1. The molecule has 0 spiro atoms. The van der Waals surface area contributed by atoms with Crippen LogP contribution in [0.5, 0.6) is 0 Å². The number of aryl methyl sites for hydroxylation is 2. The van der Waals surface area contributed by atoms with Gasteiger partial charge in [0.2, 0.25) is 0 Å². The van der Waals surface area contributed by atoms with E-state index >= 15 is 0 Å². The third-order valence-electron chi connectivity index (χ3n) is 3.94. The largest absolute Gasteiger partial charge is 0.337 e. The van der Waals surface area contributed by atoms with Gasteiger partial charge in [-0.3, -0.25) is 19.4 Å². The highest BCUT2D eigenvalue weighted by molar-refractivity contribution is 6.35. The average Bonchev–Trinajstić information content (AvgIpc) is 2.83. The average molecular weight is 379 g/mol. The van der Waals surface area contributed by atoms with Gasteiger partial charge in [-0.1, -0.05) is 29.3 Å². The second-order valence-electron chi connectivity index (χ2n) is 5.91. The van der Waals surface area contributed by atoms with Crippen LogP contribution < -0.4 is 5.56 Å². The van der Waals surface area contributed by atoms with E-state index in [2.05, 4.69) is 10.1 Å². The molecule has 0 bridgehead atoms. The standard InChI is InChI=1S/C17H16Cl2N4O2/c1-9-6-12(14-15(20-9)23(3)21-16(14)24)17(25)22(2)8-10-4-5-11(18)7-13(10)19/h4-7H,8H2,1-3H3,(H,21,24). The number of pyridine rings is 1. The number of benzene rings is 1. The lowest BCUT2D eigenvalue weighted by Gasteiger charge is -2.18. The second-order valence-corrected chi connectivity index (χ2v) is 6.75. The van der Waals surface area contributed by atoms with Crippen molar-refractivity contribution in [3.63, 3.8) is 0 Å². The Kier molecular flexibility index (Phi) is 4.58. The van der Waals surface area contributed by atoms with Crippen LogP contribution in [0.25, 0.3) is 11.0 Å². The van der Waals surface area contributed by atoms with Crippen LogP contribution >= 0.6 is 23.2 Å². The molecule has 2 aromatic heterocycles. The maximum atomic E-state index is 12.9. The number of amides is 1. The highest BCUT2D eigenvalue weighted by Gasteiger charge is 2.21. The quantitative estimate of drug-likeness (QED) is 0.760. The lowest BCUT2D eigenvalue weighted by Crippen LogP contribution is -2.27. The number of nitrogens with one attached hydrogen (secondary N) is 1. The van der Waals surface area contributed by atoms with E-state index in [1.54, 1.807) is 45.3 Å². The Morgan fingerprint density at radius 2 is 2.04 bits per heavy atom. The lowest BCUT2D eigenvalue weighted by atomic mass is 10.1. The van der Waals surface area contributed by atoms with Gasteiger partial charge in [0.25, 0.3) is 11.5 Å². The Bertz CT molecular complexity index is 1040. The van der Waals surface area contributed by atoms with Crippen molar-refractivity contribution in [3.05, 3.63) is 61.5 Å². The minimum absolute atomic E-state index is 0.279. The zero-order valence-corrected chi connectivity index (χ0v) is 15.4. The van der Waals surface area contributed by atoms with Crippen LogP contribution in [-0.4, -0.2) is 32.6 Å². The summed E-state index contributed by atoms with van der Waals surface area (Å²) in [5, 5.41) is 3.94. The van der Waals surface area contributed by atoms with E-state index in [1.165, 1.54) is 9.58 Å². The van der Waals surface area contributed by atoms with Crippen molar-refractivity contribution in [2.24, 2.45) is 7.05 Å². The van der Waals surface area contributed by atoms with Gasteiger partial charge in [0.15, 0.2) is 5.65 Å². The molecular formula is C17H16Cl2N4O2. The summed E-state index contributed by atoms with van der Waals surface area (Å²) in [4.78, 5) is 30.9. The van der Waals surface area contributed by atoms with Crippen LogP contribution in [0.2, 0.25) is 10.0 Å². The molecular weight excluding hydrogens is 363 g/mol. The highest BCUT2D eigenvalue weighted by Crippen LogP contribution is 2.23. The third kappa shape index (κ3) is 3.27. The molecule has 25 heavy (non-hydrogen) atoms. The number of fused-ring (bicyclic) bond motifs is 1. The van der Waals surface area contributed by atoms with E-state index in [-0.39, 0.29) is 16.9 Å². The molecule has 0 radical (unpaired) electrons. The zero-order chi connectivity index (χ0) is 18.3. The fraction of sp³-hybridized carbons (Fsp3) is 0.235. The van der Waals surface area contributed by atoms with E-state index in [0.717, 1.165) is 5.56 Å². The summed E-state index contributed by atoms with van der Waals surface area (Å²) in [7, 11) is 3.34. The first-order valence-corrected chi connectivity index (χ1v) is 8.29. The van der Waals surface area contributed by atoms with Crippen LogP contribution in [0.15, 0.2) is 29.1 Å². The van der Waals surface area contributed by atoms with Gasteiger partial charge < -0.3 is 4.90 Å². The van der Waals surface area contributed by atoms with Crippen LogP contribution in [-0.2, 0) is 13.6 Å². The summed E-state index contributed by atoms with van der Waals surface area (Å²) in [5.74, 6) is -0.279. The fourth-order valence-electron chi connectivity index (χ4n) is 2.74. The number of carbonyl (C=O) groups excluding carboxylic acids is 1. The number of aromatic nitrogens is 3. The minimum atomic E-state index is -0.341. The molecule has 6 nitrogen and oxygen atoms in total. The highest BCUT2D eigenvalue weighted by atomic mass is 35.5. The molecule has 0 aliphatic rings. The Morgan fingerprint density at radius 3 is 2.72 bits per heavy atom. The van der Waals surface area contributed by atoms with E-state index in [0.29, 0.717) is 33.5 Å². The predicted octanol–water partition coefficient (Wildman–Crippen LogP) is 3.15. The second kappa shape index (κ2) is 6.54. The number of rotatable bonds is 3. The summed E-state index contributed by atoms with van der Waals surface area (Å²) in [6, 6.07) is 6.75. The Balaban J connectivity index is 2.00. The van der Waals surface area contributed by atoms with Gasteiger partial charge in [-0.15, -0.1) is 0 Å². The summed E-state index contributed by atoms with van der Waals surface area (Å²) < 4.78 is 1.51. The third-order valence-corrected chi connectivity index (χ3v) is 4.53. The van der Waals surface area contributed by atoms with Gasteiger partial charge in [0.05, 0.1) is 10.9 Å². The van der Waals surface area contributed by atoms with Crippen molar-refractivity contribution in [2.75, 3.05) is 7.05 Å². The molecule has 2 heterocycles. The first-order valence-electron chi connectivity index (χ1n) is 7.53. The Labute approximate surface area is 154 Å². The minimum Gasteiger partial charge on any atom is -0.337 e. The molecule has 1 aromatic carbocycles. The van der Waals surface area contributed by atoms with E-state index in [9.17, 15) is 9.59 Å². The van der Waals surface area contributed by atoms with Gasteiger partial charge >= 0.3 is 0 Å². The van der Waals surface area contributed by atoms with Crippen molar-refractivity contribution in [1.82, 2.24) is 19.7 Å². The predicted molar refractivity (Wildman–Crippen MR) is 98.3 cm³/mol. The molecule has 0 saturated carbocycles. The molecule has 3 rings (SSSR count). The number of hydrogen-bond acceptors (Lipinski definition) is 3. The Morgan fingerprint density at radius 1 is 1.32 bits per heavy atom. The number of H-pyrrole nitrogens is 1. The number of halogens is 2. The van der Waals surface area contributed by atoms with Crippen molar-refractivity contribution < 1.29 is 4.79 Å². The molecule has 0 saturated heterocycles. The normalized spacial score (nSPS) is 11.1. The number of hydrogen-bond donors (Lipinski definition) is 1. The molecule has 130 valence electrons. The van der Waals surface area contributed by atoms with Gasteiger partial charge in [0, 0.05) is 36.4 Å². The monoisotopic (exact) mass is 378 g/mol. The van der Waals surface area contributed by atoms with Gasteiger partial charge in [-0.2, -0.15) is 0 Å². The van der Waals surface area contributed by atoms with E-state index in [4.69, 9.17) is 23.2 Å². The first kappa shape index (κ1) is 17.5. The fourth-order valence-corrected chi connectivity index (χ4v) is 3.20. The smallest absolute Gasteiger partial charge is 0.274 e. The summed E-state index contributed by atoms with van der Waals surface area (Å²) >= 11 is 12.1. The van der Waals surface area contributed by atoms with Crippen LogP contribution in [0, 0.1) is 6.92 Å². The molecule has 8 heteroatoms. The van der Waals surface area contributed by atoms with Crippen LogP contribution in [0.4, 0.5) is 0 Å². The molecule has 1 N–H and O–H groups in total. The molecule has 0 unspecified atom stereocenters. The lowest BCUT2D eigenvalue weighted by molar-refractivity contribution is 0.0787. The van der Waals surface area contributed by atoms with Gasteiger partial charge in [-0.25, -0.2) is 4.98 Å². The van der Waals surface area contributed by atoms with E-state index < -0.39 is 0 Å². The van der Waals surface area contributed by atoms with Gasteiger partial charge in [0.1, 0.15) is 0 Å². The molecule has 0 atom stereocenters. The molecule has 0 aliphatic heterocycles. The first-order chi connectivity index (χ1) is 11.8. The molecule has 0 aliphatic carbocycles. The van der Waals surface area contributed by atoms with Gasteiger partial charge in [-0.05, 0) is 30.7 Å². The number of aromatic amines is 1. The van der Waals surface area contributed by atoms with E-state index in [1.807, 2.05) is 0 Å². The Hall–Kier alpha value is -2.31. The van der Waals surface area contributed by atoms with Crippen molar-refractivity contribution >= 4 is 40.1 Å². The maximum Gasteiger partial charge on any atom is 0.274 e. The summed E-state index contributed by atoms with van der Waals surface area (Å²) in [5.41, 5.74) is 1.85. The zero-order valence-electron chi connectivity index (χ0n) is 13.9. The SMILES string of the molecule is Cc1cc(C(=O)N(C)Cc2ccc(Cl)cc2Cl)c2c(=O)[nH]n(C)c2n1. The van der Waals surface area contributed by atoms with Crippen LogP contribution in [0.3, 0.4) is 0 Å². The molecule has 0 fully saturated rings. The maximum absolute atomic E-state index is 12.9. The topological polar surface area (TPSA) is 71.0 Å². The van der Waals surface area contributed by atoms with Crippen molar-refractivity contribution in [2.45, 2.75) is 13.5 Å². The molecule has 3 aromatic rings. The molecule has 1 amide bonds. The van der Waals surface area contributed by atoms with Crippen LogP contribution in [0.1, 0.15) is 21.6 Å².